The Balaban J connectivity index is 2.31. The SMILES string of the molecule is O=C(OOC(=O)c1c(F)c(F)c(F)c(F)c1F)C1=C(F)CC(F)=C(F)C(F)=C1F. The van der Waals surface area contributed by atoms with Crippen molar-refractivity contribution in [2.24, 2.45) is 0 Å². The van der Waals surface area contributed by atoms with Crippen molar-refractivity contribution in [3.05, 3.63) is 69.4 Å². The number of carbonyl (C=O) groups excluding carboxylic acids is 2. The Kier molecular flexibility index (Phi) is 6.04. The molecule has 0 unspecified atom stereocenters. The largest absolute Gasteiger partial charge is 0.392 e. The van der Waals surface area contributed by atoms with E-state index in [1.807, 2.05) is 0 Å². The van der Waals surface area contributed by atoms with Gasteiger partial charge in [-0.1, -0.05) is 0 Å². The zero-order valence-electron chi connectivity index (χ0n) is 13.1. The fraction of sp³-hybridized carbons (Fsp3) is 0.0667. The summed E-state index contributed by atoms with van der Waals surface area (Å²) >= 11 is 0. The second-order valence-electron chi connectivity index (χ2n) is 4.99. The molecule has 156 valence electrons. The molecule has 0 spiro atoms. The van der Waals surface area contributed by atoms with Crippen molar-refractivity contribution in [3.8, 4) is 0 Å². The van der Waals surface area contributed by atoms with Crippen molar-refractivity contribution in [1.82, 2.24) is 0 Å². The van der Waals surface area contributed by atoms with E-state index in [4.69, 9.17) is 0 Å². The van der Waals surface area contributed by atoms with Crippen molar-refractivity contribution in [1.29, 1.82) is 0 Å². The van der Waals surface area contributed by atoms with Crippen LogP contribution in [0.2, 0.25) is 0 Å². The number of halogens is 10. The molecule has 2 rings (SSSR count). The number of benzene rings is 1. The van der Waals surface area contributed by atoms with E-state index in [2.05, 4.69) is 9.78 Å². The van der Waals surface area contributed by atoms with Crippen molar-refractivity contribution in [2.75, 3.05) is 0 Å². The second kappa shape index (κ2) is 7.97. The standard InChI is InChI=1S/C15H2F10O4/c16-2-1-3(17)6(18)10(22)7(19)4(2)14(26)28-29-15(27)5-8(20)11(23)13(25)12(24)9(5)21/h1H2. The molecule has 1 aliphatic carbocycles. The van der Waals surface area contributed by atoms with Gasteiger partial charge in [0, 0.05) is 0 Å². The van der Waals surface area contributed by atoms with Gasteiger partial charge in [-0.15, -0.1) is 0 Å². The van der Waals surface area contributed by atoms with Crippen molar-refractivity contribution < 1.29 is 63.3 Å². The molecule has 0 bridgehead atoms. The Labute approximate surface area is 152 Å². The van der Waals surface area contributed by atoms with Crippen LogP contribution in [-0.2, 0) is 14.6 Å². The molecule has 1 aliphatic rings. The Morgan fingerprint density at radius 2 is 1.00 bits per heavy atom. The maximum absolute atomic E-state index is 13.6. The van der Waals surface area contributed by atoms with Gasteiger partial charge in [0.25, 0.3) is 0 Å². The van der Waals surface area contributed by atoms with Crippen LogP contribution in [-0.4, -0.2) is 11.9 Å². The molecule has 14 heteroatoms. The topological polar surface area (TPSA) is 52.6 Å². The first-order valence-corrected chi connectivity index (χ1v) is 6.83. The lowest BCUT2D eigenvalue weighted by Gasteiger charge is -2.08. The normalized spacial score (nSPS) is 15.0. The summed E-state index contributed by atoms with van der Waals surface area (Å²) in [4.78, 5) is 29.9. The fourth-order valence-electron chi connectivity index (χ4n) is 1.89. The molecule has 0 amide bonds. The Morgan fingerprint density at radius 1 is 0.552 bits per heavy atom. The van der Waals surface area contributed by atoms with Crippen LogP contribution in [0.4, 0.5) is 43.9 Å². The van der Waals surface area contributed by atoms with Crippen LogP contribution >= 0.6 is 0 Å². The lowest BCUT2D eigenvalue weighted by Crippen LogP contribution is -2.19. The molecule has 0 atom stereocenters. The maximum atomic E-state index is 13.6. The number of hydrogen-bond donors (Lipinski definition) is 0. The van der Waals surface area contributed by atoms with E-state index in [1.165, 1.54) is 0 Å². The molecule has 1 aromatic rings. The summed E-state index contributed by atoms with van der Waals surface area (Å²) in [5, 5.41) is 0. The van der Waals surface area contributed by atoms with Gasteiger partial charge < -0.3 is 0 Å². The number of hydrogen-bond acceptors (Lipinski definition) is 4. The van der Waals surface area contributed by atoms with Gasteiger partial charge in [-0.3, -0.25) is 0 Å². The van der Waals surface area contributed by atoms with Gasteiger partial charge >= 0.3 is 11.9 Å². The van der Waals surface area contributed by atoms with Gasteiger partial charge in [0.2, 0.25) is 5.82 Å². The summed E-state index contributed by atoms with van der Waals surface area (Å²) in [6.45, 7) is 0. The molecule has 0 radical (unpaired) electrons. The average molecular weight is 436 g/mol. The minimum Gasteiger partial charge on any atom is -0.241 e. The van der Waals surface area contributed by atoms with Crippen LogP contribution in [0, 0.1) is 29.1 Å². The number of rotatable bonds is 2. The van der Waals surface area contributed by atoms with Gasteiger partial charge in [0.1, 0.15) is 22.8 Å². The van der Waals surface area contributed by atoms with Gasteiger partial charge in [0.15, 0.2) is 40.7 Å². The lowest BCUT2D eigenvalue weighted by atomic mass is 10.1. The minimum absolute atomic E-state index is 1.76. The van der Waals surface area contributed by atoms with E-state index >= 15 is 0 Å². The molecule has 0 fully saturated rings. The molecular weight excluding hydrogens is 434 g/mol. The summed E-state index contributed by atoms with van der Waals surface area (Å²) < 4.78 is 132. The fourth-order valence-corrected chi connectivity index (χ4v) is 1.89. The van der Waals surface area contributed by atoms with Crippen LogP contribution in [0.3, 0.4) is 0 Å². The third-order valence-corrected chi connectivity index (χ3v) is 3.24. The highest BCUT2D eigenvalue weighted by Crippen LogP contribution is 2.36. The molecule has 0 heterocycles. The van der Waals surface area contributed by atoms with Gasteiger partial charge in [-0.2, -0.15) is 0 Å². The molecule has 0 saturated heterocycles. The summed E-state index contributed by atoms with van der Waals surface area (Å²) in [6.07, 6.45) is -1.76. The Hall–Kier alpha value is -3.32. The molecule has 0 saturated carbocycles. The summed E-state index contributed by atoms with van der Waals surface area (Å²) in [7, 11) is 0. The monoisotopic (exact) mass is 436 g/mol. The highest BCUT2D eigenvalue weighted by Gasteiger charge is 2.35. The Morgan fingerprint density at radius 3 is 1.52 bits per heavy atom. The van der Waals surface area contributed by atoms with Crippen LogP contribution in [0.5, 0.6) is 0 Å². The Bertz CT molecular complexity index is 995. The molecule has 0 aliphatic heterocycles. The molecule has 4 nitrogen and oxygen atoms in total. The van der Waals surface area contributed by atoms with E-state index < -0.39 is 87.7 Å². The van der Waals surface area contributed by atoms with Gasteiger partial charge in [-0.05, 0) is 0 Å². The second-order valence-corrected chi connectivity index (χ2v) is 4.99. The first-order valence-electron chi connectivity index (χ1n) is 6.83. The predicted octanol–water partition coefficient (Wildman–Crippen LogP) is 4.93. The first kappa shape index (κ1) is 22.0. The third kappa shape index (κ3) is 3.82. The van der Waals surface area contributed by atoms with Crippen LogP contribution in [0.25, 0.3) is 0 Å². The van der Waals surface area contributed by atoms with Gasteiger partial charge in [-0.25, -0.2) is 63.3 Å². The lowest BCUT2D eigenvalue weighted by molar-refractivity contribution is -0.229. The molecule has 0 aromatic heterocycles. The van der Waals surface area contributed by atoms with Crippen LogP contribution in [0.15, 0.2) is 34.7 Å². The number of allylic oxidation sites excluding steroid dienone is 4. The summed E-state index contributed by atoms with van der Waals surface area (Å²) in [6, 6.07) is 0. The highest BCUT2D eigenvalue weighted by molar-refractivity contribution is 5.95. The first-order chi connectivity index (χ1) is 13.4. The van der Waals surface area contributed by atoms with Gasteiger partial charge in [0.05, 0.1) is 6.42 Å². The quantitative estimate of drug-likeness (QED) is 0.217. The average Bonchev–Trinajstić information content (AvgIpc) is 2.74. The zero-order valence-corrected chi connectivity index (χ0v) is 13.1. The predicted molar refractivity (Wildman–Crippen MR) is 69.0 cm³/mol. The van der Waals surface area contributed by atoms with E-state index in [0.29, 0.717) is 0 Å². The molecule has 0 N–H and O–H groups in total. The van der Waals surface area contributed by atoms with E-state index in [-0.39, 0.29) is 0 Å². The van der Waals surface area contributed by atoms with E-state index in [1.54, 1.807) is 0 Å². The molecule has 29 heavy (non-hydrogen) atoms. The highest BCUT2D eigenvalue weighted by atomic mass is 19.2. The van der Waals surface area contributed by atoms with E-state index in [9.17, 15) is 53.5 Å². The summed E-state index contributed by atoms with van der Waals surface area (Å²) in [5.74, 6) is -30.2. The van der Waals surface area contributed by atoms with Crippen molar-refractivity contribution >= 4 is 11.9 Å². The molecular formula is C15H2F10O4. The third-order valence-electron chi connectivity index (χ3n) is 3.24. The zero-order chi connectivity index (χ0) is 22.2. The van der Waals surface area contributed by atoms with E-state index in [0.717, 1.165) is 0 Å². The van der Waals surface area contributed by atoms with Crippen molar-refractivity contribution in [2.45, 2.75) is 6.42 Å². The van der Waals surface area contributed by atoms with Crippen LogP contribution < -0.4 is 0 Å². The van der Waals surface area contributed by atoms with Crippen molar-refractivity contribution in [3.63, 3.8) is 0 Å². The van der Waals surface area contributed by atoms with Crippen LogP contribution in [0.1, 0.15) is 16.8 Å². The maximum Gasteiger partial charge on any atom is 0.392 e. The molecule has 1 aromatic carbocycles. The summed E-state index contributed by atoms with van der Waals surface area (Å²) in [5.41, 5.74) is -4.35. The minimum atomic E-state index is -2.66. The number of carbonyl (C=O) groups is 2. The smallest absolute Gasteiger partial charge is 0.241 e.